The van der Waals surface area contributed by atoms with E-state index in [9.17, 15) is 9.59 Å². The molecule has 5 rings (SSSR count). The third kappa shape index (κ3) is 3.96. The average molecular weight is 462 g/mol. The van der Waals surface area contributed by atoms with Crippen LogP contribution in [0.2, 0.25) is 0 Å². The number of thiophene rings is 1. The molecule has 3 heterocycles. The van der Waals surface area contributed by atoms with Gasteiger partial charge in [-0.25, -0.2) is 9.78 Å². The van der Waals surface area contributed by atoms with E-state index < -0.39 is 5.97 Å². The Kier molecular flexibility index (Phi) is 5.76. The van der Waals surface area contributed by atoms with Crippen molar-refractivity contribution >= 4 is 45.2 Å². The van der Waals surface area contributed by atoms with Gasteiger partial charge < -0.3 is 10.1 Å². The van der Waals surface area contributed by atoms with Crippen LogP contribution in [0.5, 0.6) is 0 Å². The van der Waals surface area contributed by atoms with Crippen LogP contribution in [0.1, 0.15) is 52.7 Å². The highest BCUT2D eigenvalue weighted by Gasteiger charge is 2.37. The van der Waals surface area contributed by atoms with Crippen molar-refractivity contribution in [1.82, 2.24) is 9.88 Å². The maximum absolute atomic E-state index is 12.3. The second-order valence-electron chi connectivity index (χ2n) is 8.71. The van der Waals surface area contributed by atoms with Gasteiger partial charge in [-0.2, -0.15) is 0 Å². The van der Waals surface area contributed by atoms with Gasteiger partial charge in [-0.15, -0.1) is 11.3 Å². The molecular weight excluding hydrogens is 434 g/mol. The monoisotopic (exact) mass is 461 g/mol. The highest BCUT2D eigenvalue weighted by molar-refractivity contribution is 7.21. The second-order valence-corrected chi connectivity index (χ2v) is 9.71. The maximum atomic E-state index is 12.3. The molecule has 2 aromatic heterocycles. The molecule has 1 aliphatic carbocycles. The molecule has 7 heteroatoms. The minimum Gasteiger partial charge on any atom is -0.465 e. The molecule has 6 nitrogen and oxygen atoms in total. The molecule has 1 saturated heterocycles. The fraction of sp³-hybridized carbons (Fsp3) is 0.346. The van der Waals surface area contributed by atoms with Gasteiger partial charge in [0.05, 0.1) is 18.5 Å². The number of carbonyl (C=O) groups is 2. The first-order valence-electron chi connectivity index (χ1n) is 11.3. The van der Waals surface area contributed by atoms with Gasteiger partial charge in [0.1, 0.15) is 9.71 Å². The van der Waals surface area contributed by atoms with E-state index >= 15 is 0 Å². The predicted molar refractivity (Wildman–Crippen MR) is 132 cm³/mol. The van der Waals surface area contributed by atoms with E-state index in [2.05, 4.69) is 46.6 Å². The molecule has 33 heavy (non-hydrogen) atoms. The minimum absolute atomic E-state index is 0.145. The number of piperidine rings is 1. The molecule has 0 saturated carbocycles. The number of aromatic nitrogens is 1. The van der Waals surface area contributed by atoms with Crippen LogP contribution in [0.4, 0.5) is 5.69 Å². The minimum atomic E-state index is -0.461. The Hall–Kier alpha value is -3.03. The van der Waals surface area contributed by atoms with Crippen LogP contribution in [0.15, 0.2) is 42.5 Å². The Morgan fingerprint density at radius 2 is 1.97 bits per heavy atom. The predicted octanol–water partition coefficient (Wildman–Crippen LogP) is 4.99. The van der Waals surface area contributed by atoms with Crippen LogP contribution in [0, 0.1) is 0 Å². The lowest BCUT2D eigenvalue weighted by Crippen LogP contribution is -2.40. The Balaban J connectivity index is 1.34. The maximum Gasteiger partial charge on any atom is 0.350 e. The number of carbonyl (C=O) groups excluding carboxylic acids is 2. The molecule has 1 N–H and O–H groups in total. The highest BCUT2D eigenvalue weighted by atomic mass is 32.1. The summed E-state index contributed by atoms with van der Waals surface area (Å²) in [5, 5.41) is 3.62. The Morgan fingerprint density at radius 3 is 2.73 bits per heavy atom. The topological polar surface area (TPSA) is 71.5 Å². The number of ether oxygens (including phenoxy) is 1. The van der Waals surface area contributed by atoms with Crippen molar-refractivity contribution < 1.29 is 14.3 Å². The van der Waals surface area contributed by atoms with Crippen molar-refractivity contribution in [2.75, 3.05) is 25.5 Å². The number of amides is 1. The van der Waals surface area contributed by atoms with Crippen LogP contribution < -0.4 is 5.32 Å². The lowest BCUT2D eigenvalue weighted by molar-refractivity contribution is -0.115. The van der Waals surface area contributed by atoms with E-state index in [0.29, 0.717) is 17.0 Å². The molecule has 0 atom stereocenters. The van der Waals surface area contributed by atoms with Crippen LogP contribution in [-0.4, -0.2) is 42.0 Å². The van der Waals surface area contributed by atoms with E-state index in [1.807, 2.05) is 12.1 Å². The molecule has 170 valence electrons. The van der Waals surface area contributed by atoms with E-state index in [4.69, 9.17) is 9.72 Å². The van der Waals surface area contributed by atoms with E-state index in [-0.39, 0.29) is 11.3 Å². The fourth-order valence-corrected chi connectivity index (χ4v) is 5.97. The van der Waals surface area contributed by atoms with Gasteiger partial charge in [-0.3, -0.25) is 9.69 Å². The Labute approximate surface area is 197 Å². The van der Waals surface area contributed by atoms with Crippen LogP contribution in [0.3, 0.4) is 0 Å². The molecule has 0 radical (unpaired) electrons. The van der Waals surface area contributed by atoms with Crippen molar-refractivity contribution in [3.05, 3.63) is 64.2 Å². The molecule has 1 fully saturated rings. The van der Waals surface area contributed by atoms with Gasteiger partial charge in [0.2, 0.25) is 5.91 Å². The van der Waals surface area contributed by atoms with Crippen LogP contribution in [-0.2, 0) is 21.5 Å². The number of benzene rings is 1. The van der Waals surface area contributed by atoms with Crippen LogP contribution in [0.25, 0.3) is 16.3 Å². The molecule has 2 aliphatic rings. The fourth-order valence-electron chi connectivity index (χ4n) is 4.90. The Bertz CT molecular complexity index is 1250. The summed E-state index contributed by atoms with van der Waals surface area (Å²) in [5.41, 5.74) is 4.44. The summed E-state index contributed by atoms with van der Waals surface area (Å²) in [4.78, 5) is 32.7. The molecule has 3 aromatic rings. The molecular formula is C26H27N3O3S. The number of hydrogen-bond donors (Lipinski definition) is 1. The number of hydrogen-bond acceptors (Lipinski definition) is 6. The number of likely N-dealkylation sites (tertiary alicyclic amines) is 1. The summed E-state index contributed by atoms with van der Waals surface area (Å²) < 4.78 is 4.92. The lowest BCUT2D eigenvalue weighted by atomic mass is 9.74. The number of pyridine rings is 1. The van der Waals surface area contributed by atoms with Crippen molar-refractivity contribution in [1.29, 1.82) is 0 Å². The largest absolute Gasteiger partial charge is 0.465 e. The normalized spacial score (nSPS) is 16.8. The smallest absolute Gasteiger partial charge is 0.350 e. The lowest BCUT2D eigenvalue weighted by Gasteiger charge is -2.39. The summed E-state index contributed by atoms with van der Waals surface area (Å²) in [7, 11) is 1.35. The zero-order valence-electron chi connectivity index (χ0n) is 18.9. The van der Waals surface area contributed by atoms with Gasteiger partial charge in [-0.05, 0) is 49.2 Å². The average Bonchev–Trinajstić information content (AvgIpc) is 3.38. The number of nitrogens with zero attached hydrogens (tertiary/aromatic N) is 2. The number of fused-ring (bicyclic) bond motifs is 3. The van der Waals surface area contributed by atoms with Gasteiger partial charge in [0.15, 0.2) is 0 Å². The van der Waals surface area contributed by atoms with E-state index in [1.54, 1.807) is 6.92 Å². The first-order valence-corrected chi connectivity index (χ1v) is 12.2. The summed E-state index contributed by atoms with van der Waals surface area (Å²) >= 11 is 1.26. The van der Waals surface area contributed by atoms with Gasteiger partial charge in [0.25, 0.3) is 0 Å². The van der Waals surface area contributed by atoms with E-state index in [0.717, 1.165) is 48.4 Å². The Morgan fingerprint density at radius 1 is 1.18 bits per heavy atom. The SMILES string of the molecule is CCC(=O)Nc1c(C(=O)OC)sc2nc(CN3CCC4(C=Cc5ccccc54)CC3)ccc12. The van der Waals surface area contributed by atoms with Gasteiger partial charge in [-0.1, -0.05) is 43.3 Å². The van der Waals surface area contributed by atoms with Crippen molar-refractivity contribution in [2.24, 2.45) is 0 Å². The zero-order chi connectivity index (χ0) is 23.0. The number of allylic oxidation sites excluding steroid dienone is 1. The third-order valence-corrected chi connectivity index (χ3v) is 7.86. The summed E-state index contributed by atoms with van der Waals surface area (Å²) in [6, 6.07) is 12.7. The standard InChI is InChI=1S/C26H27N3O3S/c1-3-21(30)28-22-19-9-8-18(27-24(19)33-23(22)25(31)32-2)16-29-14-12-26(13-15-29)11-10-17-6-4-5-7-20(17)26/h4-11H,3,12-16H2,1-2H3,(H,28,30). The molecule has 0 bridgehead atoms. The number of esters is 1. The summed E-state index contributed by atoms with van der Waals surface area (Å²) in [5.74, 6) is -0.606. The second kappa shape index (κ2) is 8.72. The number of rotatable bonds is 5. The van der Waals surface area contributed by atoms with Gasteiger partial charge in [0, 0.05) is 23.8 Å². The first kappa shape index (κ1) is 21.8. The van der Waals surface area contributed by atoms with Crippen LogP contribution >= 0.6 is 11.3 Å². The van der Waals surface area contributed by atoms with Gasteiger partial charge >= 0.3 is 5.97 Å². The number of methoxy groups -OCH3 is 1. The number of nitrogens with one attached hydrogen (secondary N) is 1. The third-order valence-electron chi connectivity index (χ3n) is 6.78. The van der Waals surface area contributed by atoms with Crippen molar-refractivity contribution in [3.8, 4) is 0 Å². The van der Waals surface area contributed by atoms with Crippen molar-refractivity contribution in [3.63, 3.8) is 0 Å². The molecule has 1 amide bonds. The quantitative estimate of drug-likeness (QED) is 0.542. The molecule has 0 unspecified atom stereocenters. The summed E-state index contributed by atoms with van der Waals surface area (Å²) in [6.45, 7) is 4.56. The first-order chi connectivity index (χ1) is 16.0. The molecule has 1 aliphatic heterocycles. The zero-order valence-corrected chi connectivity index (χ0v) is 19.7. The molecule has 1 aromatic carbocycles. The van der Waals surface area contributed by atoms with Crippen molar-refractivity contribution in [2.45, 2.75) is 38.1 Å². The highest BCUT2D eigenvalue weighted by Crippen LogP contribution is 2.44. The number of anilines is 1. The van der Waals surface area contributed by atoms with E-state index in [1.165, 1.54) is 29.6 Å². The summed E-state index contributed by atoms with van der Waals surface area (Å²) in [6.07, 6.45) is 7.19. The molecule has 1 spiro atoms.